The van der Waals surface area contributed by atoms with E-state index in [2.05, 4.69) is 0 Å². The van der Waals surface area contributed by atoms with Crippen LogP contribution in [0.4, 0.5) is 4.48 Å². The van der Waals surface area contributed by atoms with Gasteiger partial charge >= 0.3 is 0 Å². The van der Waals surface area contributed by atoms with Gasteiger partial charge in [-0.3, -0.25) is 0 Å². The van der Waals surface area contributed by atoms with E-state index in [1.807, 2.05) is 0 Å². The summed E-state index contributed by atoms with van der Waals surface area (Å²) in [6.45, 7) is 0. The Balaban J connectivity index is 2.43. The summed E-state index contributed by atoms with van der Waals surface area (Å²) >= 11 is 0. The molecular weight excluding hydrogens is 59.0 g/mol. The van der Waals surface area contributed by atoms with Gasteiger partial charge in [-0.05, 0) is 0 Å². The van der Waals surface area contributed by atoms with Crippen molar-refractivity contribution in [1.82, 2.24) is 5.54 Å². The molecule has 0 radical (unpaired) electrons. The fourth-order valence-corrected chi connectivity index (χ4v) is 0. The van der Waals surface area contributed by atoms with Gasteiger partial charge in [0.2, 0.25) is 6.19 Å². The molecule has 0 aromatic rings. The third-order valence-corrected chi connectivity index (χ3v) is 0.0423. The molecule has 0 spiro atoms. The van der Waals surface area contributed by atoms with Crippen molar-refractivity contribution in [3.63, 3.8) is 0 Å². The number of hydrogen-bond donors (Lipinski definition) is 1. The van der Waals surface area contributed by atoms with Gasteiger partial charge in [-0.25, -0.2) is 0 Å². The third kappa shape index (κ3) is 1.22. The minimum absolute atomic E-state index is 0.736. The van der Waals surface area contributed by atoms with Crippen molar-refractivity contribution in [1.29, 1.82) is 5.26 Å². The van der Waals surface area contributed by atoms with Crippen LogP contribution in [0, 0.1) is 11.5 Å². The topological polar surface area (TPSA) is 35.8 Å². The maximum absolute atomic E-state index is 10.1. The average molecular weight is 60.0 g/mol. The normalized spacial score (nSPS) is 4.00. The van der Waals surface area contributed by atoms with Gasteiger partial charge in [0.05, 0.1) is 0 Å². The Morgan fingerprint density at radius 2 is 2.25 bits per heavy atom. The number of nitrogens with zero attached hydrogens (tertiary/aromatic N) is 1. The summed E-state index contributed by atoms with van der Waals surface area (Å²) in [6, 6.07) is 0. The summed E-state index contributed by atoms with van der Waals surface area (Å²) in [5, 5.41) is 7.14. The van der Waals surface area contributed by atoms with Crippen LogP contribution in [-0.2, 0) is 0 Å². The van der Waals surface area contributed by atoms with E-state index in [1.54, 1.807) is 0 Å². The largest absolute Gasteiger partial charge is 0.207 e. The second kappa shape index (κ2) is 2.22. The van der Waals surface area contributed by atoms with Crippen LogP contribution in [0.25, 0.3) is 0 Å². The molecule has 0 amide bonds. The molecule has 0 unspecified atom stereocenters. The molecule has 0 heterocycles. The summed E-state index contributed by atoms with van der Waals surface area (Å²) in [5.74, 6) is 0. The second-order valence-electron chi connectivity index (χ2n) is 0.206. The van der Waals surface area contributed by atoms with Crippen LogP contribution in [0.3, 0.4) is 0 Å². The molecule has 22 valence electrons. The van der Waals surface area contributed by atoms with Crippen LogP contribution in [0.2, 0.25) is 0 Å². The fraction of sp³-hybridized carbons (Fsp3) is 0. The molecule has 0 aliphatic heterocycles. The smallest absolute Gasteiger partial charge is 0.170 e. The average Bonchev–Trinajstić information content (AvgIpc) is 1.37. The summed E-state index contributed by atoms with van der Waals surface area (Å²) in [7, 11) is 0. The van der Waals surface area contributed by atoms with Crippen molar-refractivity contribution in [2.45, 2.75) is 0 Å². The highest BCUT2D eigenvalue weighted by atomic mass is 19.2. The van der Waals surface area contributed by atoms with Crippen LogP contribution in [0.5, 0.6) is 0 Å². The molecule has 3 heteroatoms. The molecule has 0 fully saturated rings. The van der Waals surface area contributed by atoms with Crippen molar-refractivity contribution in [2.24, 2.45) is 0 Å². The molecular formula is CHFN2. The second-order valence-corrected chi connectivity index (χ2v) is 0.206. The first kappa shape index (κ1) is 3.22. The molecule has 0 saturated heterocycles. The van der Waals surface area contributed by atoms with Gasteiger partial charge < -0.3 is 0 Å². The van der Waals surface area contributed by atoms with Crippen molar-refractivity contribution in [3.8, 4) is 6.19 Å². The molecule has 0 atom stereocenters. The minimum Gasteiger partial charge on any atom is -0.170 e. The number of nitrogens with one attached hydrogen (secondary N) is 1. The van der Waals surface area contributed by atoms with Gasteiger partial charge in [-0.1, -0.05) is 4.48 Å². The maximum atomic E-state index is 10.1. The lowest BCUT2D eigenvalue weighted by molar-refractivity contribution is 0.417. The van der Waals surface area contributed by atoms with Gasteiger partial charge in [0.1, 0.15) is 0 Å². The summed E-state index contributed by atoms with van der Waals surface area (Å²) < 4.78 is 10.1. The first-order valence-corrected chi connectivity index (χ1v) is 0.663. The summed E-state index contributed by atoms with van der Waals surface area (Å²) in [6.07, 6.45) is 1.01. The summed E-state index contributed by atoms with van der Waals surface area (Å²) in [4.78, 5) is 0. The maximum Gasteiger partial charge on any atom is 0.207 e. The monoisotopic (exact) mass is 60.0 g/mol. The zero-order chi connectivity index (χ0) is 3.41. The van der Waals surface area contributed by atoms with Gasteiger partial charge in [-0.2, -0.15) is 10.8 Å². The lowest BCUT2D eigenvalue weighted by Crippen LogP contribution is -1.79. The Labute approximate surface area is 22.8 Å². The van der Waals surface area contributed by atoms with Gasteiger partial charge in [0, 0.05) is 0 Å². The molecule has 0 aromatic carbocycles. The van der Waals surface area contributed by atoms with Crippen LogP contribution in [0.15, 0.2) is 0 Å². The van der Waals surface area contributed by atoms with E-state index < -0.39 is 0 Å². The van der Waals surface area contributed by atoms with E-state index in [0.29, 0.717) is 0 Å². The van der Waals surface area contributed by atoms with Gasteiger partial charge in [0.15, 0.2) is 0 Å². The van der Waals surface area contributed by atoms with Crippen LogP contribution >= 0.6 is 0 Å². The number of halogens is 1. The molecule has 4 heavy (non-hydrogen) atoms. The summed E-state index contributed by atoms with van der Waals surface area (Å²) in [5.41, 5.74) is 0.736. The highest BCUT2D eigenvalue weighted by Crippen LogP contribution is 1.33. The predicted molar refractivity (Wildman–Crippen MR) is 9.86 cm³/mol. The Hall–Kier alpha value is -0.780. The van der Waals surface area contributed by atoms with E-state index in [1.165, 1.54) is 0 Å². The fourth-order valence-electron chi connectivity index (χ4n) is 0. The molecule has 0 rings (SSSR count). The Kier molecular flexibility index (Phi) is 1.79. The minimum atomic E-state index is 0.736. The van der Waals surface area contributed by atoms with E-state index in [-0.39, 0.29) is 0 Å². The highest BCUT2D eigenvalue weighted by Gasteiger charge is 1.45. The highest BCUT2D eigenvalue weighted by molar-refractivity contribution is 4.50. The zero-order valence-electron chi connectivity index (χ0n) is 1.83. The standard InChI is InChI=1S/CHFN2/c2-4-1-3/h4H. The first-order valence-electron chi connectivity index (χ1n) is 0.663. The zero-order valence-corrected chi connectivity index (χ0v) is 1.83. The molecule has 0 aliphatic rings. The van der Waals surface area contributed by atoms with Gasteiger partial charge in [0.25, 0.3) is 0 Å². The third-order valence-electron chi connectivity index (χ3n) is 0.0423. The first-order chi connectivity index (χ1) is 1.91. The van der Waals surface area contributed by atoms with Crippen molar-refractivity contribution in [2.75, 3.05) is 0 Å². The number of hydrogen-bond acceptors (Lipinski definition) is 2. The van der Waals surface area contributed by atoms with Crippen molar-refractivity contribution in [3.05, 3.63) is 0 Å². The van der Waals surface area contributed by atoms with Crippen LogP contribution < -0.4 is 5.54 Å². The lowest BCUT2D eigenvalue weighted by atomic mass is 11.5. The van der Waals surface area contributed by atoms with Crippen molar-refractivity contribution < 1.29 is 4.48 Å². The molecule has 1 N–H and O–H groups in total. The van der Waals surface area contributed by atoms with Gasteiger partial charge in [-0.15, -0.1) is 0 Å². The molecule has 0 bridgehead atoms. The lowest BCUT2D eigenvalue weighted by Gasteiger charge is -1.53. The van der Waals surface area contributed by atoms with E-state index in [9.17, 15) is 4.48 Å². The molecule has 0 aliphatic carbocycles. The van der Waals surface area contributed by atoms with E-state index in [4.69, 9.17) is 5.26 Å². The van der Waals surface area contributed by atoms with Crippen LogP contribution in [-0.4, -0.2) is 0 Å². The predicted octanol–water partition coefficient (Wildman–Crippen LogP) is -0.0584. The van der Waals surface area contributed by atoms with E-state index in [0.717, 1.165) is 11.7 Å². The Morgan fingerprint density at radius 3 is 2.25 bits per heavy atom. The molecule has 0 aromatic heterocycles. The Bertz CT molecular complexity index is 35.8. The van der Waals surface area contributed by atoms with Crippen LogP contribution in [0.1, 0.15) is 0 Å². The molecule has 0 saturated carbocycles. The Morgan fingerprint density at radius 1 is 2.00 bits per heavy atom. The SMILES string of the molecule is N#CNF. The number of nitriles is 1. The molecule has 2 nitrogen and oxygen atoms in total. The van der Waals surface area contributed by atoms with E-state index >= 15 is 0 Å². The quantitative estimate of drug-likeness (QED) is 0.241. The number of rotatable bonds is 0. The van der Waals surface area contributed by atoms with Crippen molar-refractivity contribution >= 4 is 0 Å².